The number of nitriles is 1. The number of benzene rings is 2. The van der Waals surface area contributed by atoms with Crippen molar-refractivity contribution in [1.82, 2.24) is 9.55 Å². The minimum Gasteiger partial charge on any atom is -0.369 e. The molecule has 2 aromatic carbocycles. The molecule has 0 atom stereocenters. The van der Waals surface area contributed by atoms with E-state index in [0.717, 1.165) is 11.1 Å². The van der Waals surface area contributed by atoms with Gasteiger partial charge in [-0.1, -0.05) is 29.8 Å². The summed E-state index contributed by atoms with van der Waals surface area (Å²) in [5.74, 6) is 0.391. The fourth-order valence-corrected chi connectivity index (χ4v) is 2.45. The summed E-state index contributed by atoms with van der Waals surface area (Å²) in [5.41, 5.74) is 9.01. The van der Waals surface area contributed by atoms with E-state index < -0.39 is 0 Å². The van der Waals surface area contributed by atoms with Gasteiger partial charge in [-0.15, -0.1) is 0 Å². The van der Waals surface area contributed by atoms with E-state index in [0.29, 0.717) is 28.6 Å². The fraction of sp³-hybridized carbons (Fsp3) is 0.0667. The third-order valence-corrected chi connectivity index (χ3v) is 3.39. The number of aromatic nitrogens is 2. The van der Waals surface area contributed by atoms with Gasteiger partial charge >= 0.3 is 0 Å². The van der Waals surface area contributed by atoms with Crippen LogP contribution in [0.25, 0.3) is 11.0 Å². The van der Waals surface area contributed by atoms with Gasteiger partial charge in [0.2, 0.25) is 5.95 Å². The van der Waals surface area contributed by atoms with Crippen molar-refractivity contribution in [2.75, 3.05) is 5.73 Å². The molecule has 0 saturated carbocycles. The van der Waals surface area contributed by atoms with Gasteiger partial charge in [0.05, 0.1) is 17.6 Å². The first kappa shape index (κ1) is 12.5. The second-order valence-electron chi connectivity index (χ2n) is 4.47. The lowest BCUT2D eigenvalue weighted by atomic mass is 10.2. The predicted molar refractivity (Wildman–Crippen MR) is 79.4 cm³/mol. The lowest BCUT2D eigenvalue weighted by Gasteiger charge is -2.07. The summed E-state index contributed by atoms with van der Waals surface area (Å²) in [6.07, 6.45) is 0. The van der Waals surface area contributed by atoms with E-state index in [1.807, 2.05) is 41.0 Å². The number of nitrogens with zero attached hydrogens (tertiary/aromatic N) is 3. The van der Waals surface area contributed by atoms with E-state index in [2.05, 4.69) is 11.1 Å². The van der Waals surface area contributed by atoms with E-state index in [1.165, 1.54) is 0 Å². The smallest absolute Gasteiger partial charge is 0.201 e. The second kappa shape index (κ2) is 4.87. The van der Waals surface area contributed by atoms with Gasteiger partial charge < -0.3 is 10.3 Å². The summed E-state index contributed by atoms with van der Waals surface area (Å²) in [6, 6.07) is 15.2. The molecular weight excluding hydrogens is 272 g/mol. The highest BCUT2D eigenvalue weighted by Crippen LogP contribution is 2.23. The number of imidazole rings is 1. The first-order valence-electron chi connectivity index (χ1n) is 6.08. The minimum absolute atomic E-state index is 0.391. The minimum atomic E-state index is 0.391. The van der Waals surface area contributed by atoms with E-state index in [1.54, 1.807) is 6.07 Å². The second-order valence-corrected chi connectivity index (χ2v) is 4.91. The van der Waals surface area contributed by atoms with E-state index in [-0.39, 0.29) is 0 Å². The van der Waals surface area contributed by atoms with Crippen molar-refractivity contribution in [3.8, 4) is 6.07 Å². The molecule has 3 rings (SSSR count). The highest BCUT2D eigenvalue weighted by Gasteiger charge is 2.11. The number of rotatable bonds is 2. The van der Waals surface area contributed by atoms with Crippen molar-refractivity contribution >= 4 is 28.6 Å². The predicted octanol–water partition coefficient (Wildman–Crippen LogP) is 3.19. The number of nitrogens with two attached hydrogens (primary N) is 1. The Morgan fingerprint density at radius 1 is 1.25 bits per heavy atom. The molecule has 4 nitrogen and oxygen atoms in total. The zero-order valence-corrected chi connectivity index (χ0v) is 11.3. The van der Waals surface area contributed by atoms with Gasteiger partial charge in [-0.2, -0.15) is 5.26 Å². The molecule has 0 bridgehead atoms. The van der Waals surface area contributed by atoms with Gasteiger partial charge in [-0.3, -0.25) is 0 Å². The van der Waals surface area contributed by atoms with Gasteiger partial charge in [0.25, 0.3) is 0 Å². The Hall–Kier alpha value is -2.51. The number of hydrogen-bond acceptors (Lipinski definition) is 3. The first-order valence-corrected chi connectivity index (χ1v) is 6.46. The normalized spacial score (nSPS) is 10.6. The quantitative estimate of drug-likeness (QED) is 0.785. The zero-order chi connectivity index (χ0) is 14.1. The van der Waals surface area contributed by atoms with Crippen LogP contribution in [0, 0.1) is 11.3 Å². The van der Waals surface area contributed by atoms with Crippen molar-refractivity contribution in [3.05, 3.63) is 58.6 Å². The monoisotopic (exact) mass is 282 g/mol. The summed E-state index contributed by atoms with van der Waals surface area (Å²) < 4.78 is 1.88. The van der Waals surface area contributed by atoms with Crippen LogP contribution in [-0.2, 0) is 6.54 Å². The number of nitrogen functional groups attached to an aromatic ring is 1. The Bertz CT molecular complexity index is 829. The van der Waals surface area contributed by atoms with Crippen LogP contribution in [0.4, 0.5) is 5.95 Å². The highest BCUT2D eigenvalue weighted by molar-refractivity contribution is 6.30. The van der Waals surface area contributed by atoms with Crippen LogP contribution in [0.15, 0.2) is 42.5 Å². The summed E-state index contributed by atoms with van der Waals surface area (Å²) in [7, 11) is 0. The number of anilines is 1. The van der Waals surface area contributed by atoms with E-state index >= 15 is 0 Å². The summed E-state index contributed by atoms with van der Waals surface area (Å²) >= 11 is 5.99. The molecular formula is C15H11ClN4. The molecule has 0 saturated heterocycles. The first-order chi connectivity index (χ1) is 9.69. The summed E-state index contributed by atoms with van der Waals surface area (Å²) in [4.78, 5) is 4.29. The van der Waals surface area contributed by atoms with Crippen LogP contribution in [0.1, 0.15) is 11.1 Å². The maximum absolute atomic E-state index is 9.10. The van der Waals surface area contributed by atoms with Crippen molar-refractivity contribution in [2.24, 2.45) is 0 Å². The number of halogens is 1. The van der Waals surface area contributed by atoms with Gasteiger partial charge in [0.1, 0.15) is 11.6 Å². The lowest BCUT2D eigenvalue weighted by molar-refractivity contribution is 0.838. The van der Waals surface area contributed by atoms with Crippen molar-refractivity contribution < 1.29 is 0 Å². The molecule has 0 aliphatic heterocycles. The molecule has 1 aromatic heterocycles. The molecule has 0 aliphatic carbocycles. The molecule has 0 unspecified atom stereocenters. The third-order valence-electron chi connectivity index (χ3n) is 3.16. The van der Waals surface area contributed by atoms with Gasteiger partial charge in [0.15, 0.2) is 0 Å². The van der Waals surface area contributed by atoms with Crippen molar-refractivity contribution in [1.29, 1.82) is 5.26 Å². The Morgan fingerprint density at radius 3 is 2.80 bits per heavy atom. The van der Waals surface area contributed by atoms with Gasteiger partial charge in [-0.05, 0) is 29.8 Å². The van der Waals surface area contributed by atoms with Crippen LogP contribution in [0.2, 0.25) is 5.02 Å². The fourth-order valence-electron chi connectivity index (χ4n) is 2.24. The van der Waals surface area contributed by atoms with Crippen LogP contribution < -0.4 is 5.73 Å². The summed E-state index contributed by atoms with van der Waals surface area (Å²) in [5, 5.41) is 9.79. The number of para-hydroxylation sites is 1. The SMILES string of the molecule is N#Cc1cccc2c1nc(N)n2Cc1cccc(Cl)c1. The van der Waals surface area contributed by atoms with Crippen molar-refractivity contribution in [3.63, 3.8) is 0 Å². The topological polar surface area (TPSA) is 67.6 Å². The molecule has 98 valence electrons. The Morgan fingerprint density at radius 2 is 2.05 bits per heavy atom. The molecule has 1 heterocycles. The lowest BCUT2D eigenvalue weighted by Crippen LogP contribution is -2.04. The van der Waals surface area contributed by atoms with Crippen molar-refractivity contribution in [2.45, 2.75) is 6.54 Å². The third kappa shape index (κ3) is 2.09. The number of hydrogen-bond donors (Lipinski definition) is 1. The molecule has 0 amide bonds. The standard InChI is InChI=1S/C15H11ClN4/c16-12-5-1-3-10(7-12)9-20-13-6-2-4-11(8-17)14(13)19-15(20)18/h1-7H,9H2,(H2,18,19). The average Bonchev–Trinajstić information content (AvgIpc) is 2.75. The molecule has 0 spiro atoms. The maximum Gasteiger partial charge on any atom is 0.201 e. The number of fused-ring (bicyclic) bond motifs is 1. The molecule has 2 N–H and O–H groups in total. The van der Waals surface area contributed by atoms with E-state index in [9.17, 15) is 0 Å². The molecule has 3 aromatic rings. The maximum atomic E-state index is 9.10. The molecule has 0 radical (unpaired) electrons. The van der Waals surface area contributed by atoms with Gasteiger partial charge in [0, 0.05) is 5.02 Å². The van der Waals surface area contributed by atoms with Crippen LogP contribution in [0.5, 0.6) is 0 Å². The van der Waals surface area contributed by atoms with Crippen LogP contribution in [-0.4, -0.2) is 9.55 Å². The molecule has 0 fully saturated rings. The Kier molecular flexibility index (Phi) is 3.05. The molecule has 0 aliphatic rings. The van der Waals surface area contributed by atoms with Crippen LogP contribution >= 0.6 is 11.6 Å². The Labute approximate surface area is 121 Å². The van der Waals surface area contributed by atoms with Crippen LogP contribution in [0.3, 0.4) is 0 Å². The largest absolute Gasteiger partial charge is 0.369 e. The molecule has 5 heteroatoms. The van der Waals surface area contributed by atoms with E-state index in [4.69, 9.17) is 22.6 Å². The average molecular weight is 283 g/mol. The highest BCUT2D eigenvalue weighted by atomic mass is 35.5. The van der Waals surface area contributed by atoms with Gasteiger partial charge in [-0.25, -0.2) is 4.98 Å². The Balaban J connectivity index is 2.13. The molecule has 20 heavy (non-hydrogen) atoms. The summed E-state index contributed by atoms with van der Waals surface area (Å²) in [6.45, 7) is 0.567. The zero-order valence-electron chi connectivity index (χ0n) is 10.5.